The van der Waals surface area contributed by atoms with Crippen molar-refractivity contribution in [2.45, 2.75) is 62.6 Å². The summed E-state index contributed by atoms with van der Waals surface area (Å²) in [6.07, 6.45) is 7.52. The summed E-state index contributed by atoms with van der Waals surface area (Å²) in [6.45, 7) is 3.38. The molecule has 1 N–H and O–H groups in total. The molecule has 6 rings (SSSR count). The van der Waals surface area contributed by atoms with Crippen molar-refractivity contribution >= 4 is 21.6 Å². The molecule has 37 heavy (non-hydrogen) atoms. The van der Waals surface area contributed by atoms with Gasteiger partial charge in [-0.1, -0.05) is 11.6 Å². The number of ether oxygens (including phenoxy) is 2. The maximum atomic E-state index is 15.1. The van der Waals surface area contributed by atoms with E-state index in [-0.39, 0.29) is 12.2 Å². The fraction of sp³-hybridized carbons (Fsp3) is 0.593. The maximum Gasteiger partial charge on any atom is 0.211 e. The van der Waals surface area contributed by atoms with Crippen LogP contribution >= 0.6 is 11.6 Å². The number of halogens is 2. The lowest BCUT2D eigenvalue weighted by Gasteiger charge is -2.32. The Balaban J connectivity index is 1.07. The van der Waals surface area contributed by atoms with Gasteiger partial charge in [-0.3, -0.25) is 9.88 Å². The summed E-state index contributed by atoms with van der Waals surface area (Å²) >= 11 is 6.34. The normalized spacial score (nSPS) is 24.8. The molecule has 200 valence electrons. The number of epoxide rings is 1. The van der Waals surface area contributed by atoms with Gasteiger partial charge >= 0.3 is 0 Å². The Morgan fingerprint density at radius 2 is 1.84 bits per heavy atom. The highest BCUT2D eigenvalue weighted by Gasteiger charge is 2.51. The van der Waals surface area contributed by atoms with Gasteiger partial charge in [0.1, 0.15) is 11.6 Å². The van der Waals surface area contributed by atoms with E-state index >= 15 is 4.39 Å². The Kier molecular flexibility index (Phi) is 6.72. The molecule has 3 heterocycles. The van der Waals surface area contributed by atoms with E-state index in [1.807, 2.05) is 12.1 Å². The molecule has 2 aliphatic carbocycles. The van der Waals surface area contributed by atoms with E-state index in [0.29, 0.717) is 30.1 Å². The van der Waals surface area contributed by atoms with Crippen LogP contribution in [0.5, 0.6) is 5.75 Å². The van der Waals surface area contributed by atoms with Crippen molar-refractivity contribution in [3.63, 3.8) is 0 Å². The minimum absolute atomic E-state index is 0.118. The van der Waals surface area contributed by atoms with Crippen LogP contribution < -0.4 is 9.46 Å². The number of hydrogen-bond donors (Lipinski definition) is 1. The molecule has 4 fully saturated rings. The molecule has 2 saturated heterocycles. The Hall–Kier alpha value is -1.78. The Morgan fingerprint density at radius 3 is 2.46 bits per heavy atom. The summed E-state index contributed by atoms with van der Waals surface area (Å²) < 4.78 is 52.7. The topological polar surface area (TPSA) is 84.1 Å². The number of benzene rings is 1. The summed E-state index contributed by atoms with van der Waals surface area (Å²) in [5.74, 6) is 1.35. The molecule has 1 aromatic heterocycles. The van der Waals surface area contributed by atoms with Gasteiger partial charge in [0.25, 0.3) is 0 Å². The molecule has 1 aromatic carbocycles. The molecule has 7 nitrogen and oxygen atoms in total. The maximum absolute atomic E-state index is 15.1. The SMILES string of the molecule is CS(=O)(=O)NC1(c2cc(C3CC3)c(OCC3CCN(Cc4cc(Cl)cc(C5CC5)n4)CC3)cc2F)CO1. The monoisotopic (exact) mass is 549 g/mol. The molecule has 2 saturated carbocycles. The lowest BCUT2D eigenvalue weighted by atomic mass is 9.97. The first kappa shape index (κ1) is 25.5. The van der Waals surface area contributed by atoms with Crippen LogP contribution in [0, 0.1) is 11.7 Å². The van der Waals surface area contributed by atoms with Gasteiger partial charge < -0.3 is 9.47 Å². The molecule has 2 aliphatic heterocycles. The number of aromatic nitrogens is 1. The van der Waals surface area contributed by atoms with Crippen molar-refractivity contribution in [1.82, 2.24) is 14.6 Å². The quantitative estimate of drug-likeness (QED) is 0.434. The molecule has 2 aromatic rings. The average Bonchev–Trinajstić information content (AvgIpc) is 3.68. The van der Waals surface area contributed by atoms with Crippen LogP contribution in [0.1, 0.15) is 72.9 Å². The molecule has 0 radical (unpaired) electrons. The van der Waals surface area contributed by atoms with Gasteiger partial charge in [0.05, 0.1) is 25.2 Å². The fourth-order valence-electron chi connectivity index (χ4n) is 5.35. The van der Waals surface area contributed by atoms with Gasteiger partial charge in [-0.15, -0.1) is 0 Å². The van der Waals surface area contributed by atoms with E-state index in [4.69, 9.17) is 26.1 Å². The Bertz CT molecular complexity index is 1290. The van der Waals surface area contributed by atoms with E-state index in [0.717, 1.165) is 73.5 Å². The van der Waals surface area contributed by atoms with Gasteiger partial charge in [0, 0.05) is 34.8 Å². The molecular weight excluding hydrogens is 517 g/mol. The highest BCUT2D eigenvalue weighted by atomic mass is 35.5. The average molecular weight is 550 g/mol. The van der Waals surface area contributed by atoms with E-state index in [1.54, 1.807) is 6.07 Å². The summed E-state index contributed by atoms with van der Waals surface area (Å²) in [4.78, 5) is 7.26. The third kappa shape index (κ3) is 6.11. The van der Waals surface area contributed by atoms with Gasteiger partial charge in [-0.25, -0.2) is 12.8 Å². The molecular formula is C27H33ClFN3O4S. The number of nitrogens with one attached hydrogen (secondary N) is 1. The van der Waals surface area contributed by atoms with Crippen molar-refractivity contribution in [3.05, 3.63) is 57.6 Å². The molecule has 0 amide bonds. The van der Waals surface area contributed by atoms with Crippen molar-refractivity contribution in [1.29, 1.82) is 0 Å². The third-order valence-corrected chi connectivity index (χ3v) is 8.68. The molecule has 0 bridgehead atoms. The first-order valence-corrected chi connectivity index (χ1v) is 15.4. The van der Waals surface area contributed by atoms with Crippen molar-refractivity contribution in [2.75, 3.05) is 32.6 Å². The summed E-state index contributed by atoms with van der Waals surface area (Å²) in [7, 11) is -3.55. The fourth-order valence-corrected chi connectivity index (χ4v) is 6.41. The third-order valence-electron chi connectivity index (χ3n) is 7.76. The van der Waals surface area contributed by atoms with E-state index < -0.39 is 21.6 Å². The molecule has 0 spiro atoms. The van der Waals surface area contributed by atoms with Crippen molar-refractivity contribution < 1.29 is 22.3 Å². The lowest BCUT2D eigenvalue weighted by Crippen LogP contribution is -2.36. The minimum atomic E-state index is -3.55. The predicted molar refractivity (Wildman–Crippen MR) is 139 cm³/mol. The van der Waals surface area contributed by atoms with Crippen LogP contribution in [0.3, 0.4) is 0 Å². The number of sulfonamides is 1. The van der Waals surface area contributed by atoms with Gasteiger partial charge in [-0.05, 0) is 87.2 Å². The predicted octanol–water partition coefficient (Wildman–Crippen LogP) is 4.65. The smallest absolute Gasteiger partial charge is 0.211 e. The summed E-state index contributed by atoms with van der Waals surface area (Å²) in [5, 5.41) is 0.770. The molecule has 1 unspecified atom stereocenters. The zero-order valence-electron chi connectivity index (χ0n) is 21.0. The molecule has 4 aliphatic rings. The van der Waals surface area contributed by atoms with Gasteiger partial charge in [0.2, 0.25) is 10.0 Å². The summed E-state index contributed by atoms with van der Waals surface area (Å²) in [5.41, 5.74) is 2.04. The largest absolute Gasteiger partial charge is 0.493 e. The van der Waals surface area contributed by atoms with Gasteiger partial charge in [0.15, 0.2) is 5.72 Å². The number of nitrogens with zero attached hydrogens (tertiary/aromatic N) is 2. The lowest BCUT2D eigenvalue weighted by molar-refractivity contribution is 0.135. The zero-order valence-corrected chi connectivity index (χ0v) is 22.6. The van der Waals surface area contributed by atoms with Crippen LogP contribution in [0.25, 0.3) is 0 Å². The molecule has 1 atom stereocenters. The van der Waals surface area contributed by atoms with Crippen LogP contribution in [0.4, 0.5) is 4.39 Å². The first-order valence-electron chi connectivity index (χ1n) is 13.2. The highest BCUT2D eigenvalue weighted by molar-refractivity contribution is 7.88. The van der Waals surface area contributed by atoms with Crippen molar-refractivity contribution in [2.24, 2.45) is 5.92 Å². The second-order valence-electron chi connectivity index (χ2n) is 11.1. The Labute approximate surface area is 222 Å². The van der Waals surface area contributed by atoms with Crippen LogP contribution in [-0.4, -0.2) is 50.9 Å². The summed E-state index contributed by atoms with van der Waals surface area (Å²) in [6, 6.07) is 7.12. The highest BCUT2D eigenvalue weighted by Crippen LogP contribution is 2.48. The van der Waals surface area contributed by atoms with E-state index in [2.05, 4.69) is 9.62 Å². The number of likely N-dealkylation sites (tertiary alicyclic amines) is 1. The standard InChI is InChI=1S/C27H33ClFN3O4S/c1-37(33,34)31-27(16-36-27)23-12-22(18-2-3-18)26(13-24(23)29)35-15-17-6-8-32(9-7-17)14-21-10-20(28)11-25(30-21)19-4-5-19/h10-13,17-19,31H,2-9,14-16H2,1H3. The second kappa shape index (κ2) is 9.75. The number of rotatable bonds is 10. The zero-order chi connectivity index (χ0) is 25.8. The second-order valence-corrected chi connectivity index (χ2v) is 13.3. The number of hydrogen-bond acceptors (Lipinski definition) is 6. The molecule has 10 heteroatoms. The van der Waals surface area contributed by atoms with E-state index in [1.165, 1.54) is 18.9 Å². The number of piperidine rings is 1. The minimum Gasteiger partial charge on any atom is -0.493 e. The van der Waals surface area contributed by atoms with Crippen LogP contribution in [0.2, 0.25) is 5.02 Å². The van der Waals surface area contributed by atoms with E-state index in [9.17, 15) is 8.42 Å². The Morgan fingerprint density at radius 1 is 1.14 bits per heavy atom. The van der Waals surface area contributed by atoms with Gasteiger partial charge in [-0.2, -0.15) is 4.72 Å². The number of pyridine rings is 1. The first-order chi connectivity index (χ1) is 17.7. The van der Waals surface area contributed by atoms with Crippen LogP contribution in [-0.2, 0) is 27.0 Å². The van der Waals surface area contributed by atoms with Crippen molar-refractivity contribution in [3.8, 4) is 5.75 Å². The van der Waals surface area contributed by atoms with Crippen LogP contribution in [0.15, 0.2) is 24.3 Å².